The second-order valence-electron chi connectivity index (χ2n) is 8.44. The molecule has 2 aromatic carbocycles. The Morgan fingerprint density at radius 3 is 2.71 bits per heavy atom. The van der Waals surface area contributed by atoms with Gasteiger partial charge in [-0.05, 0) is 49.0 Å². The van der Waals surface area contributed by atoms with Gasteiger partial charge in [0.05, 0.1) is 12.4 Å². The summed E-state index contributed by atoms with van der Waals surface area (Å²) < 4.78 is 77.6. The third-order valence-corrected chi connectivity index (χ3v) is 7.95. The fraction of sp³-hybridized carbons (Fsp3) is 0.409. The van der Waals surface area contributed by atoms with Crippen LogP contribution in [0, 0.1) is 11.6 Å². The largest absolute Gasteiger partial charge is 0.493 e. The molecule has 0 unspecified atom stereocenters. The van der Waals surface area contributed by atoms with Crippen LogP contribution >= 0.6 is 11.8 Å². The lowest BCUT2D eigenvalue weighted by Gasteiger charge is -2.26. The van der Waals surface area contributed by atoms with Gasteiger partial charge >= 0.3 is 13.3 Å². The molecule has 2 aliphatic rings. The molecule has 1 fully saturated rings. The van der Waals surface area contributed by atoms with E-state index in [0.717, 1.165) is 31.7 Å². The minimum Gasteiger partial charge on any atom is -0.493 e. The van der Waals surface area contributed by atoms with Gasteiger partial charge in [0.15, 0.2) is 11.6 Å². The van der Waals surface area contributed by atoms with Gasteiger partial charge in [-0.2, -0.15) is 17.6 Å². The number of halogens is 5. The molecule has 4 rings (SSSR count). The van der Waals surface area contributed by atoms with Gasteiger partial charge in [0, 0.05) is 23.8 Å². The lowest BCUT2D eigenvalue weighted by Crippen LogP contribution is -2.41. The Kier molecular flexibility index (Phi) is 6.60. The molecule has 0 bridgehead atoms. The highest BCUT2D eigenvalue weighted by atomic mass is 32.2. The van der Waals surface area contributed by atoms with Crippen LogP contribution < -0.4 is 15.5 Å². The van der Waals surface area contributed by atoms with Gasteiger partial charge in [0.2, 0.25) is 11.7 Å². The lowest BCUT2D eigenvalue weighted by atomic mass is 9.73. The second-order valence-corrected chi connectivity index (χ2v) is 10.1. The fourth-order valence-corrected chi connectivity index (χ4v) is 5.93. The minimum atomic E-state index is -4.65. The predicted molar refractivity (Wildman–Crippen MR) is 118 cm³/mol. The summed E-state index contributed by atoms with van der Waals surface area (Å²) in [6.07, 6.45) is -4.61. The molecule has 2 N–H and O–H groups in total. The number of hydrogen-bond donors (Lipinski definition) is 2. The van der Waals surface area contributed by atoms with Crippen LogP contribution in [0.3, 0.4) is 0 Å². The molecule has 34 heavy (non-hydrogen) atoms. The van der Waals surface area contributed by atoms with E-state index in [1.165, 1.54) is 6.07 Å². The molecule has 1 amide bonds. The summed E-state index contributed by atoms with van der Waals surface area (Å²) in [6, 6.07) is 6.75. The maximum Gasteiger partial charge on any atom is 0.491 e. The number of fused-ring (bicyclic) bond motifs is 1. The fourth-order valence-electron chi connectivity index (χ4n) is 4.39. The first-order chi connectivity index (χ1) is 15.9. The molecule has 2 aliphatic heterocycles. The number of carbonyl (C=O) groups excluding carboxylic acids is 1. The van der Waals surface area contributed by atoms with Gasteiger partial charge in [-0.15, -0.1) is 11.8 Å². The van der Waals surface area contributed by atoms with Crippen LogP contribution in [-0.4, -0.2) is 47.9 Å². The maximum absolute atomic E-state index is 14.3. The van der Waals surface area contributed by atoms with Crippen LogP contribution in [0.15, 0.2) is 30.3 Å². The van der Waals surface area contributed by atoms with E-state index in [1.54, 1.807) is 12.1 Å². The summed E-state index contributed by atoms with van der Waals surface area (Å²) in [7, 11) is -0.0868. The molecule has 2 heterocycles. The first kappa shape index (κ1) is 24.8. The number of methoxy groups -OCH3 is 1. The van der Waals surface area contributed by atoms with Crippen molar-refractivity contribution in [1.82, 2.24) is 0 Å². The van der Waals surface area contributed by atoms with Crippen molar-refractivity contribution in [3.05, 3.63) is 53.1 Å². The van der Waals surface area contributed by atoms with E-state index < -0.39 is 58.9 Å². The van der Waals surface area contributed by atoms with E-state index >= 15 is 0 Å². The highest BCUT2D eigenvalue weighted by Crippen LogP contribution is 2.59. The van der Waals surface area contributed by atoms with E-state index in [2.05, 4.69) is 5.32 Å². The number of amides is 1. The van der Waals surface area contributed by atoms with Crippen LogP contribution in [0.4, 0.5) is 27.6 Å². The van der Waals surface area contributed by atoms with Crippen molar-refractivity contribution in [2.24, 2.45) is 0 Å². The van der Waals surface area contributed by atoms with Crippen molar-refractivity contribution in [3.8, 4) is 5.75 Å². The molecular formula is C22H21BF5NO4S. The highest BCUT2D eigenvalue weighted by Gasteiger charge is 2.60. The average Bonchev–Trinajstić information content (AvgIpc) is 3.15. The van der Waals surface area contributed by atoms with Gasteiger partial charge < -0.3 is 19.7 Å². The molecule has 2 aromatic rings. The molecule has 182 valence electrons. The summed E-state index contributed by atoms with van der Waals surface area (Å²) in [5, 5.41) is 11.4. The summed E-state index contributed by atoms with van der Waals surface area (Å²) in [4.78, 5) is 13.2. The highest BCUT2D eigenvalue weighted by molar-refractivity contribution is 8.02. The molecule has 3 atom stereocenters. The van der Waals surface area contributed by atoms with E-state index in [4.69, 9.17) is 9.39 Å². The summed E-state index contributed by atoms with van der Waals surface area (Å²) >= 11 is 0.426. The Morgan fingerprint density at radius 1 is 1.29 bits per heavy atom. The second kappa shape index (κ2) is 9.05. The molecule has 0 aliphatic carbocycles. The quantitative estimate of drug-likeness (QED) is 0.493. The van der Waals surface area contributed by atoms with Crippen molar-refractivity contribution < 1.29 is 41.2 Å². The third kappa shape index (κ3) is 4.38. The number of hydrogen-bond acceptors (Lipinski definition) is 5. The Balaban J connectivity index is 1.69. The molecular weight excluding hydrogens is 480 g/mol. The van der Waals surface area contributed by atoms with Gasteiger partial charge in [-0.1, -0.05) is 12.1 Å². The molecule has 12 heteroatoms. The number of carbonyl (C=O) groups is 1. The first-order valence-corrected chi connectivity index (χ1v) is 11.3. The SMILES string of the molecule is COc1c([C@@H]2C[C@](C)(C(F)(F)F)S[C@H]2C(=O)Nc2ccc3c(c2)B(O)OCC3)ccc(F)c1F. The predicted octanol–water partition coefficient (Wildman–Crippen LogP) is 3.78. The average molecular weight is 501 g/mol. The van der Waals surface area contributed by atoms with Crippen molar-refractivity contribution in [3.63, 3.8) is 0 Å². The molecule has 0 saturated carbocycles. The Hall–Kier alpha value is -2.31. The van der Waals surface area contributed by atoms with Crippen molar-refractivity contribution >= 4 is 35.9 Å². The van der Waals surface area contributed by atoms with Gasteiger partial charge in [-0.25, -0.2) is 4.39 Å². The van der Waals surface area contributed by atoms with E-state index in [-0.39, 0.29) is 11.3 Å². The Labute approximate surface area is 197 Å². The van der Waals surface area contributed by atoms with Crippen LogP contribution in [0.1, 0.15) is 30.4 Å². The zero-order chi connectivity index (χ0) is 24.8. The smallest absolute Gasteiger partial charge is 0.491 e. The number of alkyl halides is 3. The van der Waals surface area contributed by atoms with Gasteiger partial charge in [0.25, 0.3) is 0 Å². The number of ether oxygens (including phenoxy) is 1. The summed E-state index contributed by atoms with van der Waals surface area (Å²) in [5.41, 5.74) is 1.55. The Morgan fingerprint density at radius 2 is 2.03 bits per heavy atom. The van der Waals surface area contributed by atoms with Gasteiger partial charge in [0.1, 0.15) is 4.75 Å². The number of benzene rings is 2. The topological polar surface area (TPSA) is 67.8 Å². The normalized spacial score (nSPS) is 24.6. The van der Waals surface area contributed by atoms with E-state index in [0.29, 0.717) is 30.3 Å². The van der Waals surface area contributed by atoms with Crippen LogP contribution in [-0.2, 0) is 15.9 Å². The Bertz CT molecular complexity index is 1120. The van der Waals surface area contributed by atoms with Crippen molar-refractivity contribution in [2.45, 2.75) is 41.9 Å². The maximum atomic E-state index is 14.3. The monoisotopic (exact) mass is 501 g/mol. The minimum absolute atomic E-state index is 0.0173. The van der Waals surface area contributed by atoms with Crippen molar-refractivity contribution in [2.75, 3.05) is 19.0 Å². The standard InChI is InChI=1S/C22H21BF5NO4S/c1-21(22(26,27)28)10-14(13-5-6-16(24)17(25)18(13)32-2)19(34-21)20(30)29-12-4-3-11-7-8-33-23(31)15(11)9-12/h3-6,9,14,19,31H,7-8,10H2,1-2H3,(H,29,30)/t14-,19+,21+/m0/s1. The zero-order valence-corrected chi connectivity index (χ0v) is 19.0. The molecule has 5 nitrogen and oxygen atoms in total. The van der Waals surface area contributed by atoms with Crippen LogP contribution in [0.2, 0.25) is 0 Å². The summed E-state index contributed by atoms with van der Waals surface area (Å²) in [6.45, 7) is 1.32. The third-order valence-electron chi connectivity index (χ3n) is 6.23. The van der Waals surface area contributed by atoms with Crippen LogP contribution in [0.5, 0.6) is 5.75 Å². The number of thioether (sulfide) groups is 1. The number of anilines is 1. The van der Waals surface area contributed by atoms with Gasteiger partial charge in [-0.3, -0.25) is 4.79 Å². The lowest BCUT2D eigenvalue weighted by molar-refractivity contribution is -0.155. The molecule has 1 saturated heterocycles. The first-order valence-electron chi connectivity index (χ1n) is 10.4. The molecule has 0 aromatic heterocycles. The van der Waals surface area contributed by atoms with E-state index in [1.807, 2.05) is 0 Å². The molecule has 0 radical (unpaired) electrons. The summed E-state index contributed by atoms with van der Waals surface area (Å²) in [5.74, 6) is -4.90. The van der Waals surface area contributed by atoms with Crippen molar-refractivity contribution in [1.29, 1.82) is 0 Å². The van der Waals surface area contributed by atoms with E-state index in [9.17, 15) is 31.8 Å². The number of nitrogens with one attached hydrogen (secondary N) is 1. The zero-order valence-electron chi connectivity index (χ0n) is 18.2. The van der Waals surface area contributed by atoms with Crippen LogP contribution in [0.25, 0.3) is 0 Å². The number of rotatable bonds is 4. The molecule has 0 spiro atoms.